The van der Waals surface area contributed by atoms with Gasteiger partial charge in [-0.1, -0.05) is 11.6 Å². The topological polar surface area (TPSA) is 55.1 Å². The maximum atomic E-state index is 10.9. The molecule has 0 bridgehead atoms. The molecule has 0 atom stereocenters. The van der Waals surface area contributed by atoms with E-state index in [4.69, 9.17) is 16.7 Å². The molecule has 0 aliphatic carbocycles. The molecule has 3 rings (SSSR count). The Morgan fingerprint density at radius 2 is 2.17 bits per heavy atom. The van der Waals surface area contributed by atoms with Crippen molar-refractivity contribution in [3.05, 3.63) is 46.6 Å². The van der Waals surface area contributed by atoms with Crippen molar-refractivity contribution in [2.45, 2.75) is 0 Å². The van der Waals surface area contributed by atoms with Crippen LogP contribution in [0.3, 0.4) is 0 Å². The predicted molar refractivity (Wildman–Crippen MR) is 70.9 cm³/mol. The third-order valence-corrected chi connectivity index (χ3v) is 3.86. The molecule has 0 unspecified atom stereocenters. The summed E-state index contributed by atoms with van der Waals surface area (Å²) in [7, 11) is 0. The Morgan fingerprint density at radius 1 is 1.33 bits per heavy atom. The summed E-state index contributed by atoms with van der Waals surface area (Å²) in [6.45, 7) is 0. The van der Waals surface area contributed by atoms with E-state index in [1.54, 1.807) is 30.6 Å². The fraction of sp³-hybridized carbons (Fsp3) is 0. The van der Waals surface area contributed by atoms with Crippen LogP contribution in [-0.4, -0.2) is 20.6 Å². The van der Waals surface area contributed by atoms with E-state index in [0.29, 0.717) is 9.90 Å². The lowest BCUT2D eigenvalue weighted by Gasteiger charge is -1.99. The van der Waals surface area contributed by atoms with Gasteiger partial charge >= 0.3 is 5.97 Å². The predicted octanol–water partition coefficient (Wildman–Crippen LogP) is 3.44. The number of aromatic carboxylic acids is 1. The fourth-order valence-corrected chi connectivity index (χ4v) is 2.73. The summed E-state index contributed by atoms with van der Waals surface area (Å²) < 4.78 is 1.85. The van der Waals surface area contributed by atoms with Crippen LogP contribution in [0, 0.1) is 0 Å². The van der Waals surface area contributed by atoms with Gasteiger partial charge in [0, 0.05) is 5.02 Å². The average molecular weight is 279 g/mol. The van der Waals surface area contributed by atoms with Gasteiger partial charge in [0.2, 0.25) is 0 Å². The van der Waals surface area contributed by atoms with Crippen LogP contribution in [0.2, 0.25) is 5.02 Å². The number of rotatable bonds is 2. The average Bonchev–Trinajstić information content (AvgIpc) is 2.92. The minimum atomic E-state index is -0.918. The van der Waals surface area contributed by atoms with Gasteiger partial charge in [0.15, 0.2) is 0 Å². The van der Waals surface area contributed by atoms with Gasteiger partial charge in [-0.25, -0.2) is 9.78 Å². The molecule has 2 heterocycles. The quantitative estimate of drug-likeness (QED) is 0.781. The molecule has 0 fully saturated rings. The first-order chi connectivity index (χ1) is 8.65. The second-order valence-electron chi connectivity index (χ2n) is 3.69. The first kappa shape index (κ1) is 11.3. The maximum Gasteiger partial charge on any atom is 0.345 e. The molecular weight excluding hydrogens is 272 g/mol. The van der Waals surface area contributed by atoms with Crippen molar-refractivity contribution in [2.24, 2.45) is 0 Å². The highest BCUT2D eigenvalue weighted by atomic mass is 35.5. The van der Waals surface area contributed by atoms with Crippen molar-refractivity contribution in [1.29, 1.82) is 0 Å². The van der Waals surface area contributed by atoms with E-state index in [2.05, 4.69) is 4.98 Å². The molecule has 3 aromatic rings. The van der Waals surface area contributed by atoms with Crippen molar-refractivity contribution in [2.75, 3.05) is 0 Å². The Kier molecular flexibility index (Phi) is 2.57. The summed E-state index contributed by atoms with van der Waals surface area (Å²) in [6.07, 6.45) is 1.67. The Labute approximate surface area is 111 Å². The van der Waals surface area contributed by atoms with Gasteiger partial charge in [-0.05, 0) is 30.3 Å². The highest BCUT2D eigenvalue weighted by Crippen LogP contribution is 2.26. The number of hydrogen-bond donors (Lipinski definition) is 1. The van der Waals surface area contributed by atoms with Gasteiger partial charge in [-0.3, -0.25) is 4.57 Å². The van der Waals surface area contributed by atoms with Gasteiger partial charge < -0.3 is 5.11 Å². The molecule has 0 spiro atoms. The number of imidazole rings is 1. The number of halogens is 1. The zero-order valence-corrected chi connectivity index (χ0v) is 10.6. The third kappa shape index (κ3) is 1.77. The summed E-state index contributed by atoms with van der Waals surface area (Å²) in [5.41, 5.74) is 1.69. The number of fused-ring (bicyclic) bond motifs is 1. The van der Waals surface area contributed by atoms with E-state index in [1.165, 1.54) is 11.3 Å². The first-order valence-electron chi connectivity index (χ1n) is 5.11. The molecule has 0 aliphatic heterocycles. The standard InChI is InChI=1S/C12H7ClN2O2S/c13-7-1-2-9-8(5-7)14-6-15(9)11-4-3-10(18-11)12(16)17/h1-6H,(H,16,17). The van der Waals surface area contributed by atoms with Crippen molar-refractivity contribution < 1.29 is 9.90 Å². The lowest BCUT2D eigenvalue weighted by atomic mass is 10.3. The number of carboxylic acids is 1. The number of hydrogen-bond acceptors (Lipinski definition) is 3. The van der Waals surface area contributed by atoms with Crippen LogP contribution in [-0.2, 0) is 0 Å². The minimum absolute atomic E-state index is 0.306. The zero-order valence-electron chi connectivity index (χ0n) is 9.00. The molecule has 90 valence electrons. The second-order valence-corrected chi connectivity index (χ2v) is 5.19. The molecule has 1 N–H and O–H groups in total. The summed E-state index contributed by atoms with van der Waals surface area (Å²) in [4.78, 5) is 15.4. The van der Waals surface area contributed by atoms with Gasteiger partial charge in [-0.15, -0.1) is 11.3 Å². The molecule has 4 nitrogen and oxygen atoms in total. The van der Waals surface area contributed by atoms with Crippen LogP contribution < -0.4 is 0 Å². The molecule has 0 saturated carbocycles. The van der Waals surface area contributed by atoms with Crippen LogP contribution in [0.5, 0.6) is 0 Å². The van der Waals surface area contributed by atoms with E-state index >= 15 is 0 Å². The number of benzene rings is 1. The van der Waals surface area contributed by atoms with Crippen LogP contribution in [0.25, 0.3) is 16.0 Å². The molecule has 0 saturated heterocycles. The molecular formula is C12H7ClN2O2S. The number of carbonyl (C=O) groups is 1. The van der Waals surface area contributed by atoms with E-state index in [0.717, 1.165) is 16.0 Å². The molecule has 0 radical (unpaired) electrons. The van der Waals surface area contributed by atoms with E-state index < -0.39 is 5.97 Å². The molecule has 1 aromatic carbocycles. The lowest BCUT2D eigenvalue weighted by molar-refractivity contribution is 0.0702. The Bertz CT molecular complexity index is 747. The van der Waals surface area contributed by atoms with Gasteiger partial charge in [0.05, 0.1) is 11.0 Å². The van der Waals surface area contributed by atoms with Crippen molar-refractivity contribution in [3.8, 4) is 5.00 Å². The molecule has 2 aromatic heterocycles. The van der Waals surface area contributed by atoms with Gasteiger partial charge in [0.25, 0.3) is 0 Å². The van der Waals surface area contributed by atoms with Crippen LogP contribution >= 0.6 is 22.9 Å². The highest BCUT2D eigenvalue weighted by Gasteiger charge is 2.10. The largest absolute Gasteiger partial charge is 0.477 e. The summed E-state index contributed by atoms with van der Waals surface area (Å²) >= 11 is 7.10. The van der Waals surface area contributed by atoms with Crippen molar-refractivity contribution in [1.82, 2.24) is 9.55 Å². The number of thiophene rings is 1. The number of aromatic nitrogens is 2. The number of carboxylic acid groups (broad SMARTS) is 1. The number of nitrogens with zero attached hydrogens (tertiary/aromatic N) is 2. The van der Waals surface area contributed by atoms with Gasteiger partial charge in [0.1, 0.15) is 16.2 Å². The van der Waals surface area contributed by atoms with Crippen molar-refractivity contribution >= 4 is 39.9 Å². The fourth-order valence-electron chi connectivity index (χ4n) is 1.73. The summed E-state index contributed by atoms with van der Waals surface area (Å²) in [6, 6.07) is 8.78. The monoisotopic (exact) mass is 278 g/mol. The van der Waals surface area contributed by atoms with E-state index in [9.17, 15) is 4.79 Å². The van der Waals surface area contributed by atoms with Crippen LogP contribution in [0.15, 0.2) is 36.7 Å². The Hall–Kier alpha value is -1.85. The molecule has 6 heteroatoms. The second kappa shape index (κ2) is 4.12. The summed E-state index contributed by atoms with van der Waals surface area (Å²) in [5, 5.41) is 10.4. The Balaban J connectivity index is 2.16. The molecule has 0 amide bonds. The Morgan fingerprint density at radius 3 is 2.89 bits per heavy atom. The lowest BCUT2D eigenvalue weighted by Crippen LogP contribution is -1.90. The minimum Gasteiger partial charge on any atom is -0.477 e. The van der Waals surface area contributed by atoms with Crippen LogP contribution in [0.1, 0.15) is 9.67 Å². The zero-order chi connectivity index (χ0) is 12.7. The van der Waals surface area contributed by atoms with Crippen molar-refractivity contribution in [3.63, 3.8) is 0 Å². The molecule has 0 aliphatic rings. The van der Waals surface area contributed by atoms with Crippen LogP contribution in [0.4, 0.5) is 0 Å². The SMILES string of the molecule is O=C(O)c1ccc(-n2cnc3cc(Cl)ccc32)s1. The third-order valence-electron chi connectivity index (χ3n) is 2.55. The van der Waals surface area contributed by atoms with E-state index in [1.807, 2.05) is 10.6 Å². The summed E-state index contributed by atoms with van der Waals surface area (Å²) in [5.74, 6) is -0.918. The first-order valence-corrected chi connectivity index (χ1v) is 6.31. The van der Waals surface area contributed by atoms with E-state index in [-0.39, 0.29) is 0 Å². The normalized spacial score (nSPS) is 10.9. The van der Waals surface area contributed by atoms with Gasteiger partial charge in [-0.2, -0.15) is 0 Å². The maximum absolute atomic E-state index is 10.9. The smallest absolute Gasteiger partial charge is 0.345 e. The molecule has 18 heavy (non-hydrogen) atoms. The highest BCUT2D eigenvalue weighted by molar-refractivity contribution is 7.16.